The molecule has 3 rings (SSSR count). The Balaban J connectivity index is 1.77. The number of carbonyl (C=O) groups excluding carboxylic acids is 4. The smallest absolute Gasteiger partial charge is 0.333 e. The molecular formula is C22H18Cl3N3O5. The third kappa shape index (κ3) is 5.65. The molecule has 1 N–H and O–H groups in total. The van der Waals surface area contributed by atoms with Crippen molar-refractivity contribution in [2.24, 2.45) is 0 Å². The Kier molecular flexibility index (Phi) is 7.31. The van der Waals surface area contributed by atoms with Crippen molar-refractivity contribution in [1.82, 2.24) is 15.1 Å². The molecule has 1 saturated heterocycles. The lowest BCUT2D eigenvalue weighted by molar-refractivity contribution is -0.134. The van der Waals surface area contributed by atoms with Crippen LogP contribution in [0.5, 0.6) is 5.75 Å². The minimum atomic E-state index is -1.98. The second-order valence-electron chi connectivity index (χ2n) is 7.02. The van der Waals surface area contributed by atoms with Gasteiger partial charge in [-0.05, 0) is 35.9 Å². The van der Waals surface area contributed by atoms with Crippen LogP contribution in [0.3, 0.4) is 0 Å². The summed E-state index contributed by atoms with van der Waals surface area (Å²) in [5, 5.41) is 2.53. The molecular weight excluding hydrogens is 493 g/mol. The van der Waals surface area contributed by atoms with Crippen LogP contribution in [-0.4, -0.2) is 57.7 Å². The average molecular weight is 511 g/mol. The van der Waals surface area contributed by atoms with Gasteiger partial charge in [0.05, 0.1) is 0 Å². The molecule has 0 radical (unpaired) electrons. The standard InChI is InChI=1S/C22H18Cl3N3O5/c1-27-18(30)16(19(31)28(2)21(27)32)12-13-8-10-15(11-9-13)33-20(22(23,24)25)26-17(29)14-6-4-3-5-7-14/h3-12,20H,1-2H3,(H,26,29)/t20-/m1/s1. The normalized spacial score (nSPS) is 15.4. The first-order valence-corrected chi connectivity index (χ1v) is 10.6. The van der Waals surface area contributed by atoms with Gasteiger partial charge >= 0.3 is 6.03 Å². The van der Waals surface area contributed by atoms with E-state index in [0.29, 0.717) is 11.1 Å². The molecule has 1 heterocycles. The van der Waals surface area contributed by atoms with Crippen LogP contribution in [0.25, 0.3) is 6.08 Å². The van der Waals surface area contributed by atoms with Crippen molar-refractivity contribution in [1.29, 1.82) is 0 Å². The molecule has 11 heteroatoms. The number of halogens is 3. The van der Waals surface area contributed by atoms with Gasteiger partial charge in [0.2, 0.25) is 10.0 Å². The lowest BCUT2D eigenvalue weighted by Crippen LogP contribution is -2.52. The number of barbiturate groups is 1. The molecule has 2 aromatic rings. The van der Waals surface area contributed by atoms with Gasteiger partial charge in [-0.15, -0.1) is 0 Å². The number of carbonyl (C=O) groups is 4. The zero-order valence-corrected chi connectivity index (χ0v) is 19.7. The number of alkyl halides is 3. The molecule has 1 fully saturated rings. The van der Waals surface area contributed by atoms with Crippen molar-refractivity contribution in [2.75, 3.05) is 14.1 Å². The van der Waals surface area contributed by atoms with E-state index in [0.717, 1.165) is 9.80 Å². The Labute approximate surface area is 204 Å². The van der Waals surface area contributed by atoms with Crippen molar-refractivity contribution in [3.05, 3.63) is 71.3 Å². The summed E-state index contributed by atoms with van der Waals surface area (Å²) in [5.41, 5.74) is 0.689. The zero-order valence-electron chi connectivity index (χ0n) is 17.4. The second-order valence-corrected chi connectivity index (χ2v) is 9.39. The number of urea groups is 1. The molecule has 2 aromatic carbocycles. The molecule has 5 amide bonds. The number of nitrogens with one attached hydrogen (secondary N) is 1. The van der Waals surface area contributed by atoms with E-state index in [2.05, 4.69) is 5.32 Å². The molecule has 0 aliphatic carbocycles. The first kappa shape index (κ1) is 24.6. The Morgan fingerprint density at radius 1 is 0.939 bits per heavy atom. The maximum Gasteiger partial charge on any atom is 0.333 e. The van der Waals surface area contributed by atoms with E-state index in [1.807, 2.05) is 0 Å². The zero-order chi connectivity index (χ0) is 24.3. The van der Waals surface area contributed by atoms with E-state index in [9.17, 15) is 19.2 Å². The van der Waals surface area contributed by atoms with Crippen LogP contribution in [0.2, 0.25) is 0 Å². The molecule has 8 nitrogen and oxygen atoms in total. The fraction of sp³-hybridized carbons (Fsp3) is 0.182. The quantitative estimate of drug-likeness (QED) is 0.287. The van der Waals surface area contributed by atoms with Crippen molar-refractivity contribution in [2.45, 2.75) is 10.0 Å². The van der Waals surface area contributed by atoms with Crippen molar-refractivity contribution >= 4 is 64.6 Å². The van der Waals surface area contributed by atoms with Gasteiger partial charge < -0.3 is 10.1 Å². The highest BCUT2D eigenvalue weighted by Crippen LogP contribution is 2.32. The molecule has 1 atom stereocenters. The minimum absolute atomic E-state index is 0.164. The average Bonchev–Trinajstić information content (AvgIpc) is 2.79. The van der Waals surface area contributed by atoms with Crippen LogP contribution in [0.4, 0.5) is 4.79 Å². The Morgan fingerprint density at radius 2 is 1.48 bits per heavy atom. The van der Waals surface area contributed by atoms with Crippen molar-refractivity contribution in [3.8, 4) is 5.75 Å². The van der Waals surface area contributed by atoms with E-state index in [4.69, 9.17) is 39.5 Å². The fourth-order valence-electron chi connectivity index (χ4n) is 2.89. The SMILES string of the molecule is CN1C(=O)C(=Cc2ccc(O[C@@H](NC(=O)c3ccccc3)C(Cl)(Cl)Cl)cc2)C(=O)N(C)C1=O. The monoisotopic (exact) mass is 509 g/mol. The number of hydrogen-bond donors (Lipinski definition) is 1. The van der Waals surface area contributed by atoms with Gasteiger partial charge in [0.1, 0.15) is 11.3 Å². The van der Waals surface area contributed by atoms with Crippen LogP contribution in [0.15, 0.2) is 60.2 Å². The number of amides is 5. The predicted molar refractivity (Wildman–Crippen MR) is 124 cm³/mol. The minimum Gasteiger partial charge on any atom is -0.466 e. The molecule has 0 unspecified atom stereocenters. The Morgan fingerprint density at radius 3 is 2.00 bits per heavy atom. The highest BCUT2D eigenvalue weighted by Gasteiger charge is 2.38. The second kappa shape index (κ2) is 9.82. The van der Waals surface area contributed by atoms with Crippen molar-refractivity contribution < 1.29 is 23.9 Å². The lowest BCUT2D eigenvalue weighted by Gasteiger charge is -2.28. The number of ether oxygens (including phenoxy) is 1. The molecule has 172 valence electrons. The topological polar surface area (TPSA) is 96.0 Å². The first-order valence-electron chi connectivity index (χ1n) is 9.50. The third-order valence-corrected chi connectivity index (χ3v) is 5.28. The maximum atomic E-state index is 12.4. The summed E-state index contributed by atoms with van der Waals surface area (Å²) < 4.78 is 3.68. The third-order valence-electron chi connectivity index (χ3n) is 4.68. The number of nitrogens with zero attached hydrogens (tertiary/aromatic N) is 2. The van der Waals surface area contributed by atoms with Gasteiger partial charge in [-0.2, -0.15) is 0 Å². The number of imide groups is 2. The van der Waals surface area contributed by atoms with E-state index in [1.54, 1.807) is 42.5 Å². The molecule has 1 aliphatic heterocycles. The number of hydrogen-bond acceptors (Lipinski definition) is 5. The summed E-state index contributed by atoms with van der Waals surface area (Å²) in [6, 6.07) is 13.8. The van der Waals surface area contributed by atoms with E-state index in [-0.39, 0.29) is 11.3 Å². The molecule has 33 heavy (non-hydrogen) atoms. The lowest BCUT2D eigenvalue weighted by atomic mass is 10.1. The van der Waals surface area contributed by atoms with Gasteiger partial charge in [0, 0.05) is 19.7 Å². The summed E-state index contributed by atoms with van der Waals surface area (Å²) in [7, 11) is 2.58. The van der Waals surface area contributed by atoms with Gasteiger partial charge in [-0.1, -0.05) is 65.1 Å². The maximum absolute atomic E-state index is 12.4. The van der Waals surface area contributed by atoms with Gasteiger partial charge in [-0.3, -0.25) is 24.2 Å². The number of benzene rings is 2. The highest BCUT2D eigenvalue weighted by atomic mass is 35.6. The number of rotatable bonds is 5. The van der Waals surface area contributed by atoms with Gasteiger partial charge in [-0.25, -0.2) is 4.79 Å². The molecule has 0 bridgehead atoms. The van der Waals surface area contributed by atoms with Gasteiger partial charge in [0.25, 0.3) is 17.7 Å². The summed E-state index contributed by atoms with van der Waals surface area (Å²) in [5.74, 6) is -1.65. The largest absolute Gasteiger partial charge is 0.466 e. The van der Waals surface area contributed by atoms with Crippen LogP contribution < -0.4 is 10.1 Å². The first-order chi connectivity index (χ1) is 15.5. The molecule has 0 saturated carbocycles. The van der Waals surface area contributed by atoms with Crippen LogP contribution in [0, 0.1) is 0 Å². The fourth-order valence-corrected chi connectivity index (χ4v) is 3.19. The molecule has 0 spiro atoms. The summed E-state index contributed by atoms with van der Waals surface area (Å²) in [6.07, 6.45) is 0.0477. The Bertz CT molecular complexity index is 1090. The Hall–Kier alpha value is -3.07. The van der Waals surface area contributed by atoms with Crippen LogP contribution in [0.1, 0.15) is 15.9 Å². The van der Waals surface area contributed by atoms with Crippen LogP contribution in [-0.2, 0) is 9.59 Å². The summed E-state index contributed by atoms with van der Waals surface area (Å²) in [4.78, 5) is 50.6. The summed E-state index contributed by atoms with van der Waals surface area (Å²) in [6.45, 7) is 0. The van der Waals surface area contributed by atoms with Gasteiger partial charge in [0.15, 0.2) is 0 Å². The summed E-state index contributed by atoms with van der Waals surface area (Å²) >= 11 is 17.9. The predicted octanol–water partition coefficient (Wildman–Crippen LogP) is 3.63. The molecule has 0 aromatic heterocycles. The van der Waals surface area contributed by atoms with Crippen LogP contribution >= 0.6 is 34.8 Å². The van der Waals surface area contributed by atoms with E-state index in [1.165, 1.54) is 32.3 Å². The van der Waals surface area contributed by atoms with Crippen molar-refractivity contribution in [3.63, 3.8) is 0 Å². The highest BCUT2D eigenvalue weighted by molar-refractivity contribution is 6.68. The molecule has 1 aliphatic rings. The van der Waals surface area contributed by atoms with E-state index < -0.39 is 33.8 Å². The number of likely N-dealkylation sites (N-methyl/N-ethyl adjacent to an activating group) is 2. The van der Waals surface area contributed by atoms with E-state index >= 15 is 0 Å².